The van der Waals surface area contributed by atoms with Crippen LogP contribution in [0.1, 0.15) is 6.92 Å². The van der Waals surface area contributed by atoms with Crippen molar-refractivity contribution in [3.8, 4) is 22.6 Å². The van der Waals surface area contributed by atoms with Crippen molar-refractivity contribution < 1.29 is 14.3 Å². The van der Waals surface area contributed by atoms with E-state index >= 15 is 0 Å². The summed E-state index contributed by atoms with van der Waals surface area (Å²) in [5.74, 6) is 1.08. The smallest absolute Gasteiger partial charge is 0.237 e. The largest absolute Gasteiger partial charge is 0.497 e. The highest BCUT2D eigenvalue weighted by Crippen LogP contribution is 2.39. The minimum absolute atomic E-state index is 0.136. The number of thioether (sulfide) groups is 1. The number of nitrogens with zero attached hydrogens (tertiary/aromatic N) is 2. The molecule has 4 rings (SSSR count). The number of benzene rings is 2. The van der Waals surface area contributed by atoms with Gasteiger partial charge >= 0.3 is 0 Å². The van der Waals surface area contributed by atoms with Crippen LogP contribution in [0, 0.1) is 0 Å². The molecule has 2 heterocycles. The fourth-order valence-corrected chi connectivity index (χ4v) is 5.03. The third-order valence-corrected chi connectivity index (χ3v) is 6.68. The highest BCUT2D eigenvalue weighted by molar-refractivity contribution is 8.00. The third-order valence-electron chi connectivity index (χ3n) is 4.70. The van der Waals surface area contributed by atoms with Crippen molar-refractivity contribution in [2.24, 2.45) is 0 Å². The molecule has 2 aromatic heterocycles. The number of thiophene rings is 1. The van der Waals surface area contributed by atoms with Gasteiger partial charge in [-0.3, -0.25) is 4.79 Å². The van der Waals surface area contributed by atoms with Gasteiger partial charge in [0.1, 0.15) is 27.7 Å². The Labute approximate surface area is 188 Å². The van der Waals surface area contributed by atoms with E-state index in [4.69, 9.17) is 9.47 Å². The van der Waals surface area contributed by atoms with Gasteiger partial charge < -0.3 is 14.8 Å². The van der Waals surface area contributed by atoms with E-state index in [2.05, 4.69) is 32.8 Å². The summed E-state index contributed by atoms with van der Waals surface area (Å²) in [5.41, 5.74) is 2.79. The quantitative estimate of drug-likeness (QED) is 0.296. The Bertz CT molecular complexity index is 1190. The normalized spacial score (nSPS) is 11.8. The summed E-state index contributed by atoms with van der Waals surface area (Å²) in [4.78, 5) is 22.7. The minimum atomic E-state index is -0.376. The van der Waals surface area contributed by atoms with E-state index in [-0.39, 0.29) is 11.2 Å². The number of methoxy groups -OCH3 is 2. The van der Waals surface area contributed by atoms with E-state index < -0.39 is 0 Å². The van der Waals surface area contributed by atoms with Crippen LogP contribution in [-0.4, -0.2) is 35.3 Å². The summed E-state index contributed by atoms with van der Waals surface area (Å²) in [5, 5.41) is 6.42. The van der Waals surface area contributed by atoms with E-state index in [1.54, 1.807) is 50.1 Å². The molecule has 1 N–H and O–H groups in total. The standard InChI is InChI=1S/C23H21N3O3S2/c1-14(21(27)26-16-9-17(28-2)11-18(10-16)29-3)31-23-20-19(15-7-5-4-6-8-15)12-30-22(20)24-13-25-23/h4-14H,1-3H3,(H,26,27). The molecule has 8 heteroatoms. The molecule has 31 heavy (non-hydrogen) atoms. The Hall–Kier alpha value is -3.10. The maximum absolute atomic E-state index is 12.9. The van der Waals surface area contributed by atoms with Crippen LogP contribution in [0.15, 0.2) is 65.3 Å². The second-order valence-electron chi connectivity index (χ2n) is 6.73. The first-order valence-corrected chi connectivity index (χ1v) is 11.3. The molecule has 0 aliphatic heterocycles. The van der Waals surface area contributed by atoms with Crippen LogP contribution in [0.5, 0.6) is 11.5 Å². The molecule has 1 atom stereocenters. The van der Waals surface area contributed by atoms with Crippen LogP contribution in [-0.2, 0) is 4.79 Å². The Morgan fingerprint density at radius 1 is 1.06 bits per heavy atom. The molecule has 0 fully saturated rings. The first-order valence-electron chi connectivity index (χ1n) is 9.57. The second-order valence-corrected chi connectivity index (χ2v) is 8.91. The van der Waals surface area contributed by atoms with Gasteiger partial charge in [-0.05, 0) is 12.5 Å². The monoisotopic (exact) mass is 451 g/mol. The topological polar surface area (TPSA) is 73.3 Å². The number of anilines is 1. The first kappa shape index (κ1) is 21.1. The van der Waals surface area contributed by atoms with Gasteiger partial charge in [0.2, 0.25) is 5.91 Å². The van der Waals surface area contributed by atoms with Gasteiger partial charge in [0.25, 0.3) is 0 Å². The predicted octanol–water partition coefficient (Wildman–Crippen LogP) is 5.49. The van der Waals surface area contributed by atoms with E-state index in [0.29, 0.717) is 17.2 Å². The van der Waals surface area contributed by atoms with E-state index in [1.165, 1.54) is 11.8 Å². The van der Waals surface area contributed by atoms with Crippen molar-refractivity contribution >= 4 is 44.9 Å². The summed E-state index contributed by atoms with van der Waals surface area (Å²) in [7, 11) is 3.15. The van der Waals surface area contributed by atoms with Crippen LogP contribution in [0.25, 0.3) is 21.3 Å². The highest BCUT2D eigenvalue weighted by atomic mass is 32.2. The Morgan fingerprint density at radius 3 is 2.45 bits per heavy atom. The van der Waals surface area contributed by atoms with Gasteiger partial charge in [0.05, 0.1) is 24.9 Å². The van der Waals surface area contributed by atoms with Crippen molar-refractivity contribution in [1.29, 1.82) is 0 Å². The van der Waals surface area contributed by atoms with Gasteiger partial charge in [0.15, 0.2) is 0 Å². The van der Waals surface area contributed by atoms with Gasteiger partial charge in [-0.2, -0.15) is 0 Å². The number of rotatable bonds is 7. The number of aromatic nitrogens is 2. The van der Waals surface area contributed by atoms with Crippen molar-refractivity contribution in [2.75, 3.05) is 19.5 Å². The fraction of sp³-hybridized carbons (Fsp3) is 0.174. The average molecular weight is 452 g/mol. The molecular formula is C23H21N3O3S2. The maximum atomic E-state index is 12.9. The van der Waals surface area contributed by atoms with Crippen LogP contribution < -0.4 is 14.8 Å². The molecule has 158 valence electrons. The molecule has 0 radical (unpaired) electrons. The number of carbonyl (C=O) groups is 1. The molecule has 0 spiro atoms. The number of hydrogen-bond donors (Lipinski definition) is 1. The molecule has 1 unspecified atom stereocenters. The van der Waals surface area contributed by atoms with Crippen LogP contribution in [0.4, 0.5) is 5.69 Å². The zero-order valence-electron chi connectivity index (χ0n) is 17.3. The van der Waals surface area contributed by atoms with E-state index in [9.17, 15) is 4.79 Å². The van der Waals surface area contributed by atoms with Gasteiger partial charge in [-0.25, -0.2) is 9.97 Å². The molecule has 2 aromatic carbocycles. The highest BCUT2D eigenvalue weighted by Gasteiger charge is 2.20. The fourth-order valence-electron chi connectivity index (χ4n) is 3.11. The van der Waals surface area contributed by atoms with Crippen LogP contribution in [0.2, 0.25) is 0 Å². The van der Waals surface area contributed by atoms with E-state index in [0.717, 1.165) is 26.4 Å². The van der Waals surface area contributed by atoms with Crippen molar-refractivity contribution in [3.05, 3.63) is 60.2 Å². The SMILES string of the molecule is COc1cc(NC(=O)C(C)Sc2ncnc3scc(-c4ccccc4)c23)cc(OC)c1. The average Bonchev–Trinajstić information content (AvgIpc) is 3.24. The number of carbonyl (C=O) groups excluding carboxylic acids is 1. The first-order chi connectivity index (χ1) is 15.1. The number of ether oxygens (including phenoxy) is 2. The van der Waals surface area contributed by atoms with Crippen LogP contribution >= 0.6 is 23.1 Å². The molecule has 0 aliphatic rings. The zero-order chi connectivity index (χ0) is 21.8. The van der Waals surface area contributed by atoms with E-state index in [1.807, 2.05) is 25.1 Å². The Kier molecular flexibility index (Phi) is 6.39. The van der Waals surface area contributed by atoms with Gasteiger partial charge in [0, 0.05) is 34.8 Å². The molecule has 1 amide bonds. The number of fused-ring (bicyclic) bond motifs is 1. The van der Waals surface area contributed by atoms with Gasteiger partial charge in [-0.15, -0.1) is 11.3 Å². The lowest BCUT2D eigenvalue weighted by atomic mass is 10.1. The van der Waals surface area contributed by atoms with Crippen molar-refractivity contribution in [3.63, 3.8) is 0 Å². The lowest BCUT2D eigenvalue weighted by Crippen LogP contribution is -2.22. The van der Waals surface area contributed by atoms with Gasteiger partial charge in [-0.1, -0.05) is 42.1 Å². The maximum Gasteiger partial charge on any atom is 0.237 e. The second kappa shape index (κ2) is 9.36. The molecule has 0 aliphatic carbocycles. The lowest BCUT2D eigenvalue weighted by molar-refractivity contribution is -0.115. The summed E-state index contributed by atoms with van der Waals surface area (Å²) < 4.78 is 10.6. The molecular weight excluding hydrogens is 430 g/mol. The Balaban J connectivity index is 1.58. The molecule has 0 saturated heterocycles. The summed E-state index contributed by atoms with van der Waals surface area (Å²) in [6, 6.07) is 15.4. The van der Waals surface area contributed by atoms with Crippen molar-refractivity contribution in [1.82, 2.24) is 9.97 Å². The lowest BCUT2D eigenvalue weighted by Gasteiger charge is -2.14. The number of amides is 1. The third kappa shape index (κ3) is 4.65. The number of hydrogen-bond acceptors (Lipinski definition) is 7. The minimum Gasteiger partial charge on any atom is -0.497 e. The molecule has 4 aromatic rings. The molecule has 0 bridgehead atoms. The summed E-state index contributed by atoms with van der Waals surface area (Å²) in [6.45, 7) is 1.86. The predicted molar refractivity (Wildman–Crippen MR) is 126 cm³/mol. The number of nitrogens with one attached hydrogen (secondary N) is 1. The van der Waals surface area contributed by atoms with Crippen LogP contribution in [0.3, 0.4) is 0 Å². The molecule has 6 nitrogen and oxygen atoms in total. The Morgan fingerprint density at radius 2 is 1.77 bits per heavy atom. The zero-order valence-corrected chi connectivity index (χ0v) is 18.9. The molecule has 0 saturated carbocycles. The summed E-state index contributed by atoms with van der Waals surface area (Å²) in [6.07, 6.45) is 1.55. The summed E-state index contributed by atoms with van der Waals surface area (Å²) >= 11 is 2.99. The van der Waals surface area contributed by atoms with Crippen molar-refractivity contribution in [2.45, 2.75) is 17.2 Å².